The van der Waals surface area contributed by atoms with Crippen LogP contribution in [0.5, 0.6) is 0 Å². The molecule has 1 aromatic carbocycles. The zero-order chi connectivity index (χ0) is 11.1. The van der Waals surface area contributed by atoms with E-state index >= 15 is 0 Å². The first-order valence-electron chi connectivity index (χ1n) is 4.67. The first kappa shape index (κ1) is 10.6. The molecule has 0 spiro atoms. The SMILES string of the molecule is O=S1(=O)CC(CCO)c2cc(F)ccc21. The topological polar surface area (TPSA) is 54.4 Å². The van der Waals surface area contributed by atoms with Crippen LogP contribution in [-0.4, -0.2) is 25.9 Å². The van der Waals surface area contributed by atoms with Gasteiger partial charge in [0, 0.05) is 12.5 Å². The van der Waals surface area contributed by atoms with E-state index in [2.05, 4.69) is 0 Å². The van der Waals surface area contributed by atoms with Crippen LogP contribution >= 0.6 is 0 Å². The van der Waals surface area contributed by atoms with E-state index < -0.39 is 15.7 Å². The summed E-state index contributed by atoms with van der Waals surface area (Å²) in [5, 5.41) is 8.80. The fourth-order valence-electron chi connectivity index (χ4n) is 1.96. The average Bonchev–Trinajstić information content (AvgIpc) is 2.39. The Morgan fingerprint density at radius 3 is 2.87 bits per heavy atom. The van der Waals surface area contributed by atoms with Crippen molar-refractivity contribution < 1.29 is 17.9 Å². The third kappa shape index (κ3) is 1.77. The molecule has 82 valence electrons. The predicted molar refractivity (Wildman–Crippen MR) is 52.9 cm³/mol. The van der Waals surface area contributed by atoms with Crippen molar-refractivity contribution >= 4 is 9.84 Å². The van der Waals surface area contributed by atoms with Gasteiger partial charge in [0.1, 0.15) is 5.82 Å². The van der Waals surface area contributed by atoms with Gasteiger partial charge in [-0.15, -0.1) is 0 Å². The molecular weight excluding hydrogens is 219 g/mol. The molecule has 1 atom stereocenters. The van der Waals surface area contributed by atoms with E-state index in [4.69, 9.17) is 5.11 Å². The van der Waals surface area contributed by atoms with Gasteiger partial charge in [-0.2, -0.15) is 0 Å². The molecule has 0 aromatic heterocycles. The van der Waals surface area contributed by atoms with Crippen LogP contribution in [0.1, 0.15) is 17.9 Å². The number of aliphatic hydroxyl groups is 1. The zero-order valence-corrected chi connectivity index (χ0v) is 8.80. The van der Waals surface area contributed by atoms with Crippen molar-refractivity contribution in [2.24, 2.45) is 0 Å². The molecule has 0 fully saturated rings. The number of sulfone groups is 1. The normalized spacial score (nSPS) is 22.7. The molecule has 5 heteroatoms. The van der Waals surface area contributed by atoms with Crippen molar-refractivity contribution in [1.29, 1.82) is 0 Å². The summed E-state index contributed by atoms with van der Waals surface area (Å²) >= 11 is 0. The third-order valence-corrected chi connectivity index (χ3v) is 4.53. The van der Waals surface area contributed by atoms with Crippen LogP contribution in [0.2, 0.25) is 0 Å². The minimum atomic E-state index is -3.27. The van der Waals surface area contributed by atoms with Crippen molar-refractivity contribution in [3.63, 3.8) is 0 Å². The Hall–Kier alpha value is -0.940. The molecule has 0 radical (unpaired) electrons. The fraction of sp³-hybridized carbons (Fsp3) is 0.400. The first-order valence-corrected chi connectivity index (χ1v) is 6.33. The Morgan fingerprint density at radius 2 is 2.20 bits per heavy atom. The summed E-state index contributed by atoms with van der Waals surface area (Å²) in [6.45, 7) is -0.0872. The van der Waals surface area contributed by atoms with Crippen molar-refractivity contribution in [3.8, 4) is 0 Å². The molecule has 1 aliphatic heterocycles. The number of fused-ring (bicyclic) bond motifs is 1. The lowest BCUT2D eigenvalue weighted by Gasteiger charge is -2.06. The Kier molecular flexibility index (Phi) is 2.52. The zero-order valence-electron chi connectivity index (χ0n) is 7.98. The molecule has 2 rings (SSSR count). The van der Waals surface area contributed by atoms with Crippen LogP contribution in [0.25, 0.3) is 0 Å². The van der Waals surface area contributed by atoms with Crippen LogP contribution in [0.4, 0.5) is 4.39 Å². The van der Waals surface area contributed by atoms with Gasteiger partial charge in [0.25, 0.3) is 0 Å². The molecule has 0 saturated carbocycles. The van der Waals surface area contributed by atoms with Crippen molar-refractivity contribution in [2.75, 3.05) is 12.4 Å². The van der Waals surface area contributed by atoms with Crippen LogP contribution in [-0.2, 0) is 9.84 Å². The Bertz CT molecular complexity index is 481. The van der Waals surface area contributed by atoms with E-state index in [1.165, 1.54) is 12.1 Å². The molecule has 0 saturated heterocycles. The number of hydrogen-bond acceptors (Lipinski definition) is 3. The van der Waals surface area contributed by atoms with Crippen molar-refractivity contribution in [1.82, 2.24) is 0 Å². The highest BCUT2D eigenvalue weighted by Gasteiger charge is 2.34. The summed E-state index contributed by atoms with van der Waals surface area (Å²) in [4.78, 5) is 0.211. The molecule has 1 aromatic rings. The molecule has 3 nitrogen and oxygen atoms in total. The lowest BCUT2D eigenvalue weighted by molar-refractivity contribution is 0.279. The monoisotopic (exact) mass is 230 g/mol. The van der Waals surface area contributed by atoms with Crippen LogP contribution in [0.15, 0.2) is 23.1 Å². The van der Waals surface area contributed by atoms with E-state index in [0.717, 1.165) is 6.07 Å². The van der Waals surface area contributed by atoms with E-state index in [9.17, 15) is 12.8 Å². The molecule has 1 N–H and O–H groups in total. The number of aliphatic hydroxyl groups excluding tert-OH is 1. The summed E-state index contributed by atoms with van der Waals surface area (Å²) in [5.74, 6) is -0.730. The molecule has 1 aliphatic rings. The minimum Gasteiger partial charge on any atom is -0.396 e. The summed E-state index contributed by atoms with van der Waals surface area (Å²) in [5.41, 5.74) is 0.504. The van der Waals surface area contributed by atoms with E-state index in [1.807, 2.05) is 0 Å². The molecular formula is C10H11FO3S. The first-order chi connectivity index (χ1) is 7.04. The second kappa shape index (κ2) is 3.57. The Labute approximate surface area is 87.5 Å². The number of hydrogen-bond donors (Lipinski definition) is 1. The highest BCUT2D eigenvalue weighted by atomic mass is 32.2. The molecule has 0 amide bonds. The van der Waals surface area contributed by atoms with Crippen molar-refractivity contribution in [2.45, 2.75) is 17.2 Å². The van der Waals surface area contributed by atoms with Gasteiger partial charge in [0.05, 0.1) is 10.6 Å². The van der Waals surface area contributed by atoms with Gasteiger partial charge in [-0.1, -0.05) is 0 Å². The molecule has 1 heterocycles. The summed E-state index contributed by atoms with van der Waals surface area (Å²) in [7, 11) is -3.27. The maximum absolute atomic E-state index is 13.0. The summed E-state index contributed by atoms with van der Waals surface area (Å²) in [6.07, 6.45) is 0.357. The fourth-order valence-corrected chi connectivity index (χ4v) is 3.88. The minimum absolute atomic E-state index is 0.0215. The van der Waals surface area contributed by atoms with E-state index in [0.29, 0.717) is 12.0 Å². The third-order valence-electron chi connectivity index (χ3n) is 2.64. The number of benzene rings is 1. The lowest BCUT2D eigenvalue weighted by Crippen LogP contribution is -2.05. The van der Waals surface area contributed by atoms with Gasteiger partial charge in [0.2, 0.25) is 0 Å². The maximum Gasteiger partial charge on any atom is 0.179 e. The Balaban J connectivity index is 2.53. The second-order valence-corrected chi connectivity index (χ2v) is 5.68. The van der Waals surface area contributed by atoms with E-state index in [-0.39, 0.29) is 23.2 Å². The largest absolute Gasteiger partial charge is 0.396 e. The molecule has 0 bridgehead atoms. The molecule has 15 heavy (non-hydrogen) atoms. The number of halogens is 1. The van der Waals surface area contributed by atoms with Crippen LogP contribution in [0, 0.1) is 5.82 Å². The smallest absolute Gasteiger partial charge is 0.179 e. The van der Waals surface area contributed by atoms with Gasteiger partial charge in [-0.05, 0) is 30.2 Å². The standard InChI is InChI=1S/C10H11FO3S/c11-8-1-2-10-9(5-8)7(3-4-12)6-15(10,13)14/h1-2,5,7,12H,3-4,6H2. The quantitative estimate of drug-likeness (QED) is 0.773. The maximum atomic E-state index is 13.0. The molecule has 1 unspecified atom stereocenters. The highest BCUT2D eigenvalue weighted by molar-refractivity contribution is 7.91. The van der Waals surface area contributed by atoms with Gasteiger partial charge >= 0.3 is 0 Å². The van der Waals surface area contributed by atoms with E-state index in [1.54, 1.807) is 0 Å². The summed E-state index contributed by atoms with van der Waals surface area (Å²) in [6, 6.07) is 3.70. The van der Waals surface area contributed by atoms with Crippen LogP contribution in [0.3, 0.4) is 0 Å². The predicted octanol–water partition coefficient (Wildman–Crippen LogP) is 1.08. The second-order valence-electron chi connectivity index (χ2n) is 3.67. The van der Waals surface area contributed by atoms with Gasteiger partial charge in [-0.25, -0.2) is 12.8 Å². The van der Waals surface area contributed by atoms with Gasteiger partial charge < -0.3 is 5.11 Å². The van der Waals surface area contributed by atoms with Gasteiger partial charge in [-0.3, -0.25) is 0 Å². The van der Waals surface area contributed by atoms with Gasteiger partial charge in [0.15, 0.2) is 9.84 Å². The average molecular weight is 230 g/mol. The van der Waals surface area contributed by atoms with Crippen molar-refractivity contribution in [3.05, 3.63) is 29.6 Å². The molecule has 0 aliphatic carbocycles. The lowest BCUT2D eigenvalue weighted by atomic mass is 9.98. The summed E-state index contributed by atoms with van der Waals surface area (Å²) < 4.78 is 36.3. The van der Waals surface area contributed by atoms with Crippen LogP contribution < -0.4 is 0 Å². The number of rotatable bonds is 2. The highest BCUT2D eigenvalue weighted by Crippen LogP contribution is 2.36. The Morgan fingerprint density at radius 1 is 1.47 bits per heavy atom.